The fraction of sp³-hybridized carbons (Fsp3) is 0.684. The highest BCUT2D eigenvalue weighted by Crippen LogP contribution is 2.55. The van der Waals surface area contributed by atoms with Gasteiger partial charge in [0.25, 0.3) is 0 Å². The summed E-state index contributed by atoms with van der Waals surface area (Å²) < 4.78 is 40.1. The van der Waals surface area contributed by atoms with E-state index in [2.05, 4.69) is 19.0 Å². The molecule has 1 aromatic carbocycles. The largest absolute Gasteiger partial charge is 0.493 e. The third kappa shape index (κ3) is 2.37. The molecule has 4 heterocycles. The van der Waals surface area contributed by atoms with E-state index in [0.29, 0.717) is 42.5 Å². The Morgan fingerprint density at radius 3 is 3.00 bits per heavy atom. The van der Waals surface area contributed by atoms with Gasteiger partial charge in [0, 0.05) is 37.9 Å². The Kier molecular flexibility index (Phi) is 3.71. The number of hydrogen-bond donors (Lipinski definition) is 0. The van der Waals surface area contributed by atoms with Gasteiger partial charge in [0.2, 0.25) is 10.0 Å². The fourth-order valence-corrected chi connectivity index (χ4v) is 7.04. The van der Waals surface area contributed by atoms with Gasteiger partial charge in [-0.1, -0.05) is 0 Å². The quantitative estimate of drug-likeness (QED) is 0.792. The van der Waals surface area contributed by atoms with Gasteiger partial charge in [0.15, 0.2) is 0 Å². The van der Waals surface area contributed by atoms with Crippen molar-refractivity contribution in [3.05, 3.63) is 23.8 Å². The molecule has 4 aliphatic heterocycles. The first kappa shape index (κ1) is 17.0. The molecule has 4 aliphatic rings. The van der Waals surface area contributed by atoms with E-state index in [0.717, 1.165) is 37.1 Å². The summed E-state index contributed by atoms with van der Waals surface area (Å²) in [5.74, 6) is 1.54. The number of sulfonamides is 1. The van der Waals surface area contributed by atoms with Crippen molar-refractivity contribution in [2.75, 3.05) is 40.3 Å². The number of benzene rings is 1. The molecule has 1 spiro atoms. The van der Waals surface area contributed by atoms with Crippen molar-refractivity contribution >= 4 is 10.0 Å². The lowest BCUT2D eigenvalue weighted by atomic mass is 9.73. The molecule has 142 valence electrons. The Morgan fingerprint density at radius 2 is 2.19 bits per heavy atom. The molecular formula is C19H26N2O4S. The lowest BCUT2D eigenvalue weighted by Crippen LogP contribution is -2.40. The van der Waals surface area contributed by atoms with Crippen LogP contribution in [0.25, 0.3) is 0 Å². The smallest absolute Gasteiger partial charge is 0.243 e. The Morgan fingerprint density at radius 1 is 1.35 bits per heavy atom. The van der Waals surface area contributed by atoms with Gasteiger partial charge in [0.05, 0.1) is 23.2 Å². The molecule has 1 aromatic rings. The topological polar surface area (TPSA) is 59.1 Å². The SMILES string of the molecule is CN(C)C[C@H]1[C@@H]2CC[C@@]3(CN(S(=O)(=O)c4ccc5c(c4)CCO5)C[C@@H]13)O2. The highest BCUT2D eigenvalue weighted by Gasteiger charge is 2.64. The first-order chi connectivity index (χ1) is 12.4. The van der Waals surface area contributed by atoms with Gasteiger partial charge in [-0.25, -0.2) is 8.42 Å². The van der Waals surface area contributed by atoms with Crippen LogP contribution in [-0.2, 0) is 21.2 Å². The first-order valence-electron chi connectivity index (χ1n) is 9.47. The van der Waals surface area contributed by atoms with Crippen molar-refractivity contribution in [1.29, 1.82) is 0 Å². The second kappa shape index (κ2) is 5.67. The highest BCUT2D eigenvalue weighted by atomic mass is 32.2. The highest BCUT2D eigenvalue weighted by molar-refractivity contribution is 7.89. The summed E-state index contributed by atoms with van der Waals surface area (Å²) in [6, 6.07) is 5.27. The van der Waals surface area contributed by atoms with Crippen LogP contribution in [0.1, 0.15) is 18.4 Å². The monoisotopic (exact) mass is 378 g/mol. The van der Waals surface area contributed by atoms with E-state index in [4.69, 9.17) is 9.47 Å². The molecule has 4 atom stereocenters. The van der Waals surface area contributed by atoms with Crippen molar-refractivity contribution in [2.24, 2.45) is 11.8 Å². The molecule has 26 heavy (non-hydrogen) atoms. The van der Waals surface area contributed by atoms with Gasteiger partial charge in [-0.3, -0.25) is 0 Å². The van der Waals surface area contributed by atoms with Crippen molar-refractivity contribution < 1.29 is 17.9 Å². The maximum atomic E-state index is 13.3. The van der Waals surface area contributed by atoms with E-state index in [1.54, 1.807) is 22.5 Å². The maximum Gasteiger partial charge on any atom is 0.243 e. The van der Waals surface area contributed by atoms with Crippen LogP contribution < -0.4 is 4.74 Å². The summed E-state index contributed by atoms with van der Waals surface area (Å²) in [4.78, 5) is 2.58. The first-order valence-corrected chi connectivity index (χ1v) is 10.9. The summed E-state index contributed by atoms with van der Waals surface area (Å²) in [6.45, 7) is 2.66. The van der Waals surface area contributed by atoms with Gasteiger partial charge in [-0.2, -0.15) is 4.31 Å². The van der Waals surface area contributed by atoms with Gasteiger partial charge in [-0.05, 0) is 50.7 Å². The molecular weight excluding hydrogens is 352 g/mol. The Balaban J connectivity index is 1.43. The van der Waals surface area contributed by atoms with Crippen LogP contribution in [0.3, 0.4) is 0 Å². The Bertz CT molecular complexity index is 840. The van der Waals surface area contributed by atoms with E-state index in [-0.39, 0.29) is 5.60 Å². The van der Waals surface area contributed by atoms with Gasteiger partial charge >= 0.3 is 0 Å². The van der Waals surface area contributed by atoms with E-state index in [1.165, 1.54) is 0 Å². The average molecular weight is 378 g/mol. The number of hydrogen-bond acceptors (Lipinski definition) is 5. The van der Waals surface area contributed by atoms with Crippen molar-refractivity contribution in [3.63, 3.8) is 0 Å². The summed E-state index contributed by atoms with van der Waals surface area (Å²) in [5.41, 5.74) is 0.726. The van der Waals surface area contributed by atoms with Crippen molar-refractivity contribution in [3.8, 4) is 5.75 Å². The van der Waals surface area contributed by atoms with Gasteiger partial charge in [-0.15, -0.1) is 0 Å². The molecule has 0 aliphatic carbocycles. The van der Waals surface area contributed by atoms with Crippen LogP contribution in [0.5, 0.6) is 5.75 Å². The molecule has 0 radical (unpaired) electrons. The molecule has 2 bridgehead atoms. The molecule has 0 saturated carbocycles. The van der Waals surface area contributed by atoms with E-state index in [9.17, 15) is 8.42 Å². The van der Waals surface area contributed by atoms with Crippen LogP contribution in [0, 0.1) is 11.8 Å². The zero-order valence-electron chi connectivity index (χ0n) is 15.3. The summed E-state index contributed by atoms with van der Waals surface area (Å²) in [6.07, 6.45) is 3.11. The molecule has 0 amide bonds. The number of nitrogens with zero attached hydrogens (tertiary/aromatic N) is 2. The lowest BCUT2D eigenvalue weighted by molar-refractivity contribution is 0.00739. The minimum atomic E-state index is -3.50. The summed E-state index contributed by atoms with van der Waals surface area (Å²) in [7, 11) is 0.657. The second-order valence-corrected chi connectivity index (χ2v) is 10.4. The van der Waals surface area contributed by atoms with Crippen LogP contribution in [0.15, 0.2) is 23.1 Å². The number of ether oxygens (including phenoxy) is 2. The van der Waals surface area contributed by atoms with Crippen LogP contribution in [-0.4, -0.2) is 69.7 Å². The number of rotatable bonds is 4. The van der Waals surface area contributed by atoms with Crippen LogP contribution in [0.4, 0.5) is 0 Å². The molecule has 0 unspecified atom stereocenters. The lowest BCUT2D eigenvalue weighted by Gasteiger charge is -2.31. The third-order valence-electron chi connectivity index (χ3n) is 6.63. The second-order valence-electron chi connectivity index (χ2n) is 8.46. The zero-order chi connectivity index (χ0) is 18.1. The minimum Gasteiger partial charge on any atom is -0.493 e. The molecule has 0 N–H and O–H groups in total. The van der Waals surface area contributed by atoms with E-state index in [1.807, 2.05) is 0 Å². The van der Waals surface area contributed by atoms with E-state index < -0.39 is 10.0 Å². The minimum absolute atomic E-state index is 0.266. The molecule has 0 aromatic heterocycles. The number of fused-ring (bicyclic) bond motifs is 2. The summed E-state index contributed by atoms with van der Waals surface area (Å²) in [5, 5.41) is 0. The predicted molar refractivity (Wildman–Crippen MR) is 96.8 cm³/mol. The van der Waals surface area contributed by atoms with Crippen molar-refractivity contribution in [2.45, 2.75) is 35.9 Å². The Hall–Kier alpha value is -1.15. The zero-order valence-corrected chi connectivity index (χ0v) is 16.2. The molecule has 7 heteroatoms. The third-order valence-corrected chi connectivity index (χ3v) is 8.43. The van der Waals surface area contributed by atoms with Crippen molar-refractivity contribution in [1.82, 2.24) is 9.21 Å². The standard InChI is InChI=1S/C19H26N2O4S/c1-20(2)10-15-16-11-21(12-19(16)7-5-18(15)25-19)26(22,23)14-3-4-17-13(9-14)6-8-24-17/h3-4,9,15-16,18H,5-8,10-12H2,1-2H3/t15-,16+,18+,19+/m1/s1. The predicted octanol–water partition coefficient (Wildman–Crippen LogP) is 1.35. The molecule has 3 saturated heterocycles. The van der Waals surface area contributed by atoms with Crippen LogP contribution >= 0.6 is 0 Å². The summed E-state index contributed by atoms with van der Waals surface area (Å²) >= 11 is 0. The molecule has 3 fully saturated rings. The van der Waals surface area contributed by atoms with Gasteiger partial charge < -0.3 is 14.4 Å². The fourth-order valence-electron chi connectivity index (χ4n) is 5.47. The molecule has 5 rings (SSSR count). The molecule has 6 nitrogen and oxygen atoms in total. The van der Waals surface area contributed by atoms with Crippen LogP contribution in [0.2, 0.25) is 0 Å². The maximum absolute atomic E-state index is 13.3. The normalized spacial score (nSPS) is 35.7. The van der Waals surface area contributed by atoms with E-state index >= 15 is 0 Å². The van der Waals surface area contributed by atoms with Gasteiger partial charge in [0.1, 0.15) is 5.75 Å². The average Bonchev–Trinajstić information content (AvgIpc) is 3.34. The Labute approximate surface area is 155 Å².